The van der Waals surface area contributed by atoms with E-state index in [-0.39, 0.29) is 32.3 Å². The average molecular weight is 506 g/mol. The van der Waals surface area contributed by atoms with Gasteiger partial charge in [0.15, 0.2) is 5.75 Å². The third kappa shape index (κ3) is 5.57. The lowest BCUT2D eigenvalue weighted by molar-refractivity contribution is 0.0959. The number of benzene rings is 3. The van der Waals surface area contributed by atoms with Crippen LogP contribution in [0.2, 0.25) is 20.1 Å². The number of anilines is 1. The Kier molecular flexibility index (Phi) is 7.23. The monoisotopic (exact) mass is 504 g/mol. The van der Waals surface area contributed by atoms with E-state index in [9.17, 15) is 18.4 Å². The summed E-state index contributed by atoms with van der Waals surface area (Å²) in [6.07, 6.45) is 0. The number of hydrogen-bond acceptors (Lipinski definition) is 3. The first-order valence-electron chi connectivity index (χ1n) is 8.34. The van der Waals surface area contributed by atoms with Crippen LogP contribution in [0.3, 0.4) is 0 Å². The van der Waals surface area contributed by atoms with Gasteiger partial charge in [0.2, 0.25) is 0 Å². The second kappa shape index (κ2) is 9.70. The maximum absolute atomic E-state index is 13.7. The molecule has 160 valence electrons. The van der Waals surface area contributed by atoms with Crippen LogP contribution in [0.15, 0.2) is 48.5 Å². The predicted octanol–water partition coefficient (Wildman–Crippen LogP) is 7.33. The lowest BCUT2D eigenvalue weighted by Crippen LogP contribution is -2.35. The van der Waals surface area contributed by atoms with Gasteiger partial charge in [0, 0.05) is 10.7 Å². The lowest BCUT2D eigenvalue weighted by atomic mass is 10.2. The number of carbonyl (C=O) groups is 2. The minimum Gasteiger partial charge on any atom is -0.453 e. The van der Waals surface area contributed by atoms with Crippen LogP contribution in [0, 0.1) is 11.6 Å². The highest BCUT2D eigenvalue weighted by Crippen LogP contribution is 2.41. The summed E-state index contributed by atoms with van der Waals surface area (Å²) in [6.45, 7) is 0. The molecule has 0 saturated carbocycles. The molecule has 3 rings (SSSR count). The van der Waals surface area contributed by atoms with Crippen LogP contribution in [0.4, 0.5) is 19.3 Å². The molecule has 3 aromatic rings. The van der Waals surface area contributed by atoms with E-state index in [4.69, 9.17) is 51.1 Å². The maximum atomic E-state index is 13.7. The molecule has 0 heterocycles. The van der Waals surface area contributed by atoms with Crippen LogP contribution >= 0.6 is 46.4 Å². The van der Waals surface area contributed by atoms with Gasteiger partial charge >= 0.3 is 6.03 Å². The van der Waals surface area contributed by atoms with Crippen molar-refractivity contribution in [2.75, 3.05) is 5.32 Å². The summed E-state index contributed by atoms with van der Waals surface area (Å²) >= 11 is 24.3. The number of amides is 3. The van der Waals surface area contributed by atoms with Crippen molar-refractivity contribution < 1.29 is 23.1 Å². The zero-order valence-corrected chi connectivity index (χ0v) is 18.1. The van der Waals surface area contributed by atoms with Crippen LogP contribution in [-0.2, 0) is 0 Å². The third-order valence-electron chi connectivity index (χ3n) is 3.78. The molecule has 0 aliphatic heterocycles. The first-order valence-corrected chi connectivity index (χ1v) is 9.85. The number of urea groups is 1. The Hall–Kier alpha value is -2.58. The number of hydrogen-bond donors (Lipinski definition) is 2. The van der Waals surface area contributed by atoms with Gasteiger partial charge < -0.3 is 10.1 Å². The minimum absolute atomic E-state index is 0.0142. The molecule has 0 atom stereocenters. The predicted molar refractivity (Wildman–Crippen MR) is 116 cm³/mol. The topological polar surface area (TPSA) is 67.4 Å². The molecule has 0 saturated heterocycles. The zero-order chi connectivity index (χ0) is 22.7. The molecule has 0 fully saturated rings. The van der Waals surface area contributed by atoms with Gasteiger partial charge in [0.05, 0.1) is 15.1 Å². The van der Waals surface area contributed by atoms with Gasteiger partial charge in [-0.05, 0) is 42.5 Å². The molecule has 11 heteroatoms. The van der Waals surface area contributed by atoms with E-state index in [1.165, 1.54) is 24.3 Å². The Morgan fingerprint density at radius 1 is 0.839 bits per heavy atom. The molecule has 3 amide bonds. The van der Waals surface area contributed by atoms with Crippen molar-refractivity contribution in [2.24, 2.45) is 0 Å². The van der Waals surface area contributed by atoms with Crippen LogP contribution in [-0.4, -0.2) is 11.9 Å². The van der Waals surface area contributed by atoms with Gasteiger partial charge in [0.1, 0.15) is 22.9 Å². The van der Waals surface area contributed by atoms with Crippen LogP contribution < -0.4 is 15.4 Å². The zero-order valence-electron chi connectivity index (χ0n) is 15.1. The largest absolute Gasteiger partial charge is 0.453 e. The Bertz CT molecular complexity index is 1150. The van der Waals surface area contributed by atoms with E-state index in [1.54, 1.807) is 6.07 Å². The molecule has 31 heavy (non-hydrogen) atoms. The molecule has 0 aliphatic carbocycles. The molecule has 2 N–H and O–H groups in total. The second-order valence-electron chi connectivity index (χ2n) is 5.95. The highest BCUT2D eigenvalue weighted by atomic mass is 35.5. The fourth-order valence-corrected chi connectivity index (χ4v) is 3.45. The molecule has 3 aromatic carbocycles. The number of halogens is 6. The number of nitrogens with one attached hydrogen (secondary N) is 2. The van der Waals surface area contributed by atoms with Gasteiger partial charge in [-0.1, -0.05) is 52.5 Å². The molecule has 0 unspecified atom stereocenters. The Balaban J connectivity index is 1.74. The average Bonchev–Trinajstić information content (AvgIpc) is 2.65. The molecule has 0 aromatic heterocycles. The standard InChI is InChI=1S/C20H10Cl4F2N2O3/c21-9-4-5-16(11(22)6-9)31-18-12(23)7-10(8-13(18)24)27-20(30)28-19(29)17-14(25)2-1-3-15(17)26/h1-8H,(H2,27,28,29,30). The van der Waals surface area contributed by atoms with Gasteiger partial charge in [-0.15, -0.1) is 0 Å². The number of ether oxygens (including phenoxy) is 1. The van der Waals surface area contributed by atoms with Crippen molar-refractivity contribution in [1.82, 2.24) is 5.32 Å². The first kappa shape index (κ1) is 23.1. The molecular formula is C20H10Cl4F2N2O3. The van der Waals surface area contributed by atoms with Crippen molar-refractivity contribution in [2.45, 2.75) is 0 Å². The molecule has 0 radical (unpaired) electrons. The second-order valence-corrected chi connectivity index (χ2v) is 7.61. The Labute approximate surface area is 194 Å². The van der Waals surface area contributed by atoms with E-state index in [0.29, 0.717) is 5.02 Å². The lowest BCUT2D eigenvalue weighted by Gasteiger charge is -2.13. The summed E-state index contributed by atoms with van der Waals surface area (Å²) in [5.41, 5.74) is -0.804. The van der Waals surface area contributed by atoms with E-state index in [2.05, 4.69) is 5.32 Å². The highest BCUT2D eigenvalue weighted by molar-refractivity contribution is 6.38. The first-order chi connectivity index (χ1) is 14.7. The van der Waals surface area contributed by atoms with Gasteiger partial charge in [-0.25, -0.2) is 13.6 Å². The summed E-state index contributed by atoms with van der Waals surface area (Å²) in [4.78, 5) is 24.0. The van der Waals surface area contributed by atoms with E-state index < -0.39 is 29.1 Å². The van der Waals surface area contributed by atoms with E-state index in [0.717, 1.165) is 18.2 Å². The van der Waals surface area contributed by atoms with Gasteiger partial charge in [0.25, 0.3) is 5.91 Å². The number of imide groups is 1. The normalized spacial score (nSPS) is 10.5. The smallest absolute Gasteiger partial charge is 0.326 e. The van der Waals surface area contributed by atoms with Crippen molar-refractivity contribution >= 4 is 64.0 Å². The molecule has 0 bridgehead atoms. The van der Waals surface area contributed by atoms with Crippen LogP contribution in [0.1, 0.15) is 10.4 Å². The quantitative estimate of drug-likeness (QED) is 0.390. The molecular weight excluding hydrogens is 496 g/mol. The summed E-state index contributed by atoms with van der Waals surface area (Å²) in [5.74, 6) is -3.19. The molecule has 0 aliphatic rings. The summed E-state index contributed by atoms with van der Waals surface area (Å²) < 4.78 is 32.9. The van der Waals surface area contributed by atoms with Crippen molar-refractivity contribution in [3.8, 4) is 11.5 Å². The highest BCUT2D eigenvalue weighted by Gasteiger charge is 2.20. The maximum Gasteiger partial charge on any atom is 0.326 e. The SMILES string of the molecule is O=C(NC(=O)c1c(F)cccc1F)Nc1cc(Cl)c(Oc2ccc(Cl)cc2Cl)c(Cl)c1. The Morgan fingerprint density at radius 2 is 1.45 bits per heavy atom. The van der Waals surface area contributed by atoms with Crippen LogP contribution in [0.5, 0.6) is 11.5 Å². The number of carbonyl (C=O) groups excluding carboxylic acids is 2. The fourth-order valence-electron chi connectivity index (χ4n) is 2.44. The van der Waals surface area contributed by atoms with Crippen molar-refractivity contribution in [3.05, 3.63) is 85.8 Å². The Morgan fingerprint density at radius 3 is 2.03 bits per heavy atom. The molecule has 5 nitrogen and oxygen atoms in total. The van der Waals surface area contributed by atoms with Crippen molar-refractivity contribution in [1.29, 1.82) is 0 Å². The van der Waals surface area contributed by atoms with E-state index >= 15 is 0 Å². The molecule has 0 spiro atoms. The third-order valence-corrected chi connectivity index (χ3v) is 4.87. The van der Waals surface area contributed by atoms with Gasteiger partial charge in [-0.2, -0.15) is 0 Å². The van der Waals surface area contributed by atoms with Gasteiger partial charge in [-0.3, -0.25) is 10.1 Å². The fraction of sp³-hybridized carbons (Fsp3) is 0. The summed E-state index contributed by atoms with van der Waals surface area (Å²) in [5, 5.41) is 4.76. The summed E-state index contributed by atoms with van der Waals surface area (Å²) in [6, 6.07) is 8.93. The van der Waals surface area contributed by atoms with E-state index in [1.807, 2.05) is 5.32 Å². The van der Waals surface area contributed by atoms with Crippen molar-refractivity contribution in [3.63, 3.8) is 0 Å². The van der Waals surface area contributed by atoms with Crippen LogP contribution in [0.25, 0.3) is 0 Å². The summed E-state index contributed by atoms with van der Waals surface area (Å²) in [7, 11) is 0. The number of rotatable bonds is 4. The minimum atomic E-state index is -1.26.